The van der Waals surface area contributed by atoms with Crippen LogP contribution in [0.2, 0.25) is 0 Å². The van der Waals surface area contributed by atoms with Crippen LogP contribution in [0.25, 0.3) is 0 Å². The van der Waals surface area contributed by atoms with Gasteiger partial charge in [-0.05, 0) is 0 Å². The second-order valence-corrected chi connectivity index (χ2v) is 4.14. The van der Waals surface area contributed by atoms with Crippen molar-refractivity contribution >= 4 is 11.7 Å². The minimum absolute atomic E-state index is 0.192. The van der Waals surface area contributed by atoms with Crippen molar-refractivity contribution in [2.45, 2.75) is 0 Å². The lowest BCUT2D eigenvalue weighted by atomic mass is 10.3. The maximum Gasteiger partial charge on any atom is 0.271 e. The van der Waals surface area contributed by atoms with Crippen molar-refractivity contribution in [3.8, 4) is 0 Å². The summed E-state index contributed by atoms with van der Waals surface area (Å²) < 4.78 is 0. The third-order valence-electron chi connectivity index (χ3n) is 2.86. The number of amides is 1. The molecule has 98 valence electrons. The smallest absolute Gasteiger partial charge is 0.271 e. The Bertz CT molecular complexity index is 404. The first-order valence-electron chi connectivity index (χ1n) is 6.05. The molecule has 7 nitrogen and oxygen atoms in total. The maximum absolute atomic E-state index is 11.1. The number of piperazine rings is 1. The summed E-state index contributed by atoms with van der Waals surface area (Å²) in [5, 5.41) is 6.41. The fraction of sp³-hybridized carbons (Fsp3) is 0.545. The summed E-state index contributed by atoms with van der Waals surface area (Å²) in [5.41, 5.74) is 5.42. The maximum atomic E-state index is 11.1. The van der Waals surface area contributed by atoms with E-state index in [-0.39, 0.29) is 5.69 Å². The molecule has 1 amide bonds. The molecule has 0 aromatic carbocycles. The number of primary amides is 1. The van der Waals surface area contributed by atoms with Gasteiger partial charge in [0.15, 0.2) is 11.5 Å². The summed E-state index contributed by atoms with van der Waals surface area (Å²) in [4.78, 5) is 21.5. The van der Waals surface area contributed by atoms with E-state index in [1.165, 1.54) is 6.20 Å². The quantitative estimate of drug-likeness (QED) is 0.613. The lowest BCUT2D eigenvalue weighted by molar-refractivity contribution is 0.0996. The van der Waals surface area contributed by atoms with Crippen molar-refractivity contribution in [3.05, 3.63) is 18.1 Å². The third-order valence-corrected chi connectivity index (χ3v) is 2.86. The fourth-order valence-corrected chi connectivity index (χ4v) is 1.91. The first-order valence-corrected chi connectivity index (χ1v) is 6.05. The molecule has 2 heterocycles. The molecule has 1 saturated heterocycles. The lowest BCUT2D eigenvalue weighted by Gasteiger charge is -2.27. The highest BCUT2D eigenvalue weighted by molar-refractivity contribution is 5.95. The molecule has 1 aliphatic rings. The zero-order valence-corrected chi connectivity index (χ0v) is 10.2. The Morgan fingerprint density at radius 3 is 2.83 bits per heavy atom. The van der Waals surface area contributed by atoms with Crippen molar-refractivity contribution in [1.29, 1.82) is 0 Å². The van der Waals surface area contributed by atoms with Crippen LogP contribution in [0, 0.1) is 0 Å². The largest absolute Gasteiger partial charge is 0.367 e. The second-order valence-electron chi connectivity index (χ2n) is 4.14. The van der Waals surface area contributed by atoms with Gasteiger partial charge in [-0.2, -0.15) is 0 Å². The van der Waals surface area contributed by atoms with E-state index in [0.29, 0.717) is 5.82 Å². The summed E-state index contributed by atoms with van der Waals surface area (Å²) in [5.74, 6) is -0.104. The molecule has 1 aliphatic heterocycles. The highest BCUT2D eigenvalue weighted by Crippen LogP contribution is 2.06. The topological polar surface area (TPSA) is 96.2 Å². The van der Waals surface area contributed by atoms with Gasteiger partial charge in [0.25, 0.3) is 5.91 Å². The SMILES string of the molecule is NC(=O)c1nccnc1NCCN1CCNCC1. The average Bonchev–Trinajstić information content (AvgIpc) is 2.40. The fourth-order valence-electron chi connectivity index (χ4n) is 1.91. The molecule has 0 unspecified atom stereocenters. The Balaban J connectivity index is 1.84. The zero-order chi connectivity index (χ0) is 12.8. The number of nitrogens with two attached hydrogens (primary N) is 1. The molecule has 0 saturated carbocycles. The van der Waals surface area contributed by atoms with E-state index in [1.54, 1.807) is 6.20 Å². The van der Waals surface area contributed by atoms with Crippen molar-refractivity contribution in [2.24, 2.45) is 5.73 Å². The Hall–Kier alpha value is -1.73. The standard InChI is InChI=1S/C11H18N6O/c12-10(18)9-11(15-2-1-14-9)16-5-8-17-6-3-13-4-7-17/h1-2,13H,3-8H2,(H2,12,18)(H,15,16). The van der Waals surface area contributed by atoms with Crippen LogP contribution >= 0.6 is 0 Å². The summed E-state index contributed by atoms with van der Waals surface area (Å²) in [6.45, 7) is 5.78. The van der Waals surface area contributed by atoms with Gasteiger partial charge >= 0.3 is 0 Å². The highest BCUT2D eigenvalue weighted by Gasteiger charge is 2.12. The van der Waals surface area contributed by atoms with Gasteiger partial charge in [0.1, 0.15) is 0 Å². The van der Waals surface area contributed by atoms with E-state index in [9.17, 15) is 4.79 Å². The van der Waals surface area contributed by atoms with Crippen LogP contribution in [-0.4, -0.2) is 60.0 Å². The van der Waals surface area contributed by atoms with Crippen LogP contribution in [0.4, 0.5) is 5.82 Å². The number of hydrogen-bond donors (Lipinski definition) is 3. The number of carbonyl (C=O) groups is 1. The van der Waals surface area contributed by atoms with Gasteiger partial charge in [0, 0.05) is 51.7 Å². The first kappa shape index (κ1) is 12.7. The highest BCUT2D eigenvalue weighted by atomic mass is 16.1. The van der Waals surface area contributed by atoms with Gasteiger partial charge in [-0.1, -0.05) is 0 Å². The van der Waals surface area contributed by atoms with E-state index in [1.807, 2.05) is 0 Å². The molecule has 0 radical (unpaired) electrons. The Morgan fingerprint density at radius 1 is 1.39 bits per heavy atom. The number of rotatable bonds is 5. The Labute approximate surface area is 106 Å². The summed E-state index contributed by atoms with van der Waals surface area (Å²) in [6, 6.07) is 0. The molecule has 1 fully saturated rings. The van der Waals surface area contributed by atoms with Crippen molar-refractivity contribution in [3.63, 3.8) is 0 Å². The summed E-state index contributed by atoms with van der Waals surface area (Å²) in [7, 11) is 0. The predicted molar refractivity (Wildman–Crippen MR) is 68.3 cm³/mol. The van der Waals surface area contributed by atoms with Gasteiger partial charge in [-0.25, -0.2) is 9.97 Å². The molecule has 7 heteroatoms. The molecule has 2 rings (SSSR count). The van der Waals surface area contributed by atoms with Crippen LogP contribution < -0.4 is 16.4 Å². The molecule has 1 aromatic rings. The van der Waals surface area contributed by atoms with Crippen LogP contribution in [0.5, 0.6) is 0 Å². The van der Waals surface area contributed by atoms with E-state index >= 15 is 0 Å². The molecular weight excluding hydrogens is 232 g/mol. The van der Waals surface area contributed by atoms with Gasteiger partial charge in [-0.15, -0.1) is 0 Å². The minimum Gasteiger partial charge on any atom is -0.367 e. The number of anilines is 1. The molecule has 0 atom stereocenters. The van der Waals surface area contributed by atoms with E-state index in [4.69, 9.17) is 5.73 Å². The summed E-state index contributed by atoms with van der Waals surface area (Å²) >= 11 is 0. The van der Waals surface area contributed by atoms with Gasteiger partial charge in [-0.3, -0.25) is 9.69 Å². The van der Waals surface area contributed by atoms with Crippen LogP contribution in [0.15, 0.2) is 12.4 Å². The number of aromatic nitrogens is 2. The molecule has 0 aliphatic carbocycles. The molecule has 1 aromatic heterocycles. The van der Waals surface area contributed by atoms with Crippen LogP contribution in [0.1, 0.15) is 10.5 Å². The Kier molecular flexibility index (Phi) is 4.43. The number of nitrogens with zero attached hydrogens (tertiary/aromatic N) is 3. The van der Waals surface area contributed by atoms with E-state index < -0.39 is 5.91 Å². The summed E-state index contributed by atoms with van der Waals surface area (Å²) in [6.07, 6.45) is 3.00. The van der Waals surface area contributed by atoms with Crippen LogP contribution in [-0.2, 0) is 0 Å². The van der Waals surface area contributed by atoms with E-state index in [2.05, 4.69) is 25.5 Å². The first-order chi connectivity index (χ1) is 8.77. The number of hydrogen-bond acceptors (Lipinski definition) is 6. The molecule has 18 heavy (non-hydrogen) atoms. The monoisotopic (exact) mass is 250 g/mol. The minimum atomic E-state index is -0.562. The Morgan fingerprint density at radius 2 is 2.11 bits per heavy atom. The van der Waals surface area contributed by atoms with Crippen LogP contribution in [0.3, 0.4) is 0 Å². The molecule has 0 spiro atoms. The number of nitrogens with one attached hydrogen (secondary N) is 2. The van der Waals surface area contributed by atoms with Crippen molar-refractivity contribution in [2.75, 3.05) is 44.6 Å². The van der Waals surface area contributed by atoms with E-state index in [0.717, 1.165) is 39.3 Å². The normalized spacial score (nSPS) is 16.4. The average molecular weight is 250 g/mol. The zero-order valence-electron chi connectivity index (χ0n) is 10.2. The second kappa shape index (κ2) is 6.27. The van der Waals surface area contributed by atoms with Gasteiger partial charge in [0.2, 0.25) is 0 Å². The predicted octanol–water partition coefficient (Wildman–Crippen LogP) is -1.11. The van der Waals surface area contributed by atoms with Gasteiger partial charge in [0.05, 0.1) is 0 Å². The molecule has 0 bridgehead atoms. The van der Waals surface area contributed by atoms with Gasteiger partial charge < -0.3 is 16.4 Å². The number of carbonyl (C=O) groups excluding carboxylic acids is 1. The van der Waals surface area contributed by atoms with Crippen molar-refractivity contribution in [1.82, 2.24) is 20.2 Å². The molecule has 4 N–H and O–H groups in total. The molecular formula is C11H18N6O. The lowest BCUT2D eigenvalue weighted by Crippen LogP contribution is -2.45. The third kappa shape index (κ3) is 3.38. The van der Waals surface area contributed by atoms with Crippen molar-refractivity contribution < 1.29 is 4.79 Å².